The summed E-state index contributed by atoms with van der Waals surface area (Å²) >= 11 is 1.57. The summed E-state index contributed by atoms with van der Waals surface area (Å²) in [6.07, 6.45) is 1.81. The minimum absolute atomic E-state index is 0.0760. The highest BCUT2D eigenvalue weighted by atomic mass is 32.2. The van der Waals surface area contributed by atoms with Gasteiger partial charge in [0.1, 0.15) is 5.03 Å². The van der Waals surface area contributed by atoms with Gasteiger partial charge in [0, 0.05) is 30.5 Å². The van der Waals surface area contributed by atoms with Gasteiger partial charge < -0.3 is 10.1 Å². The van der Waals surface area contributed by atoms with Crippen LogP contribution in [0.5, 0.6) is 0 Å². The number of carbonyl (C=O) groups is 1. The maximum absolute atomic E-state index is 12.7. The summed E-state index contributed by atoms with van der Waals surface area (Å²) in [5.74, 6) is -0.0760. The van der Waals surface area contributed by atoms with Crippen LogP contribution in [0, 0.1) is 0 Å². The maximum atomic E-state index is 12.7. The summed E-state index contributed by atoms with van der Waals surface area (Å²) in [5, 5.41) is 4.66. The molecule has 0 aliphatic carbocycles. The monoisotopic (exact) mass is 380 g/mol. The van der Waals surface area contributed by atoms with Gasteiger partial charge >= 0.3 is 0 Å². The predicted octanol–water partition coefficient (Wildman–Crippen LogP) is 4.71. The molecule has 140 valence electrons. The fraction of sp³-hybridized carbons (Fsp3) is 0.273. The van der Waals surface area contributed by atoms with Crippen molar-refractivity contribution in [2.75, 3.05) is 20.3 Å². The van der Waals surface area contributed by atoms with Gasteiger partial charge in [-0.2, -0.15) is 0 Å². The second-order valence-electron chi connectivity index (χ2n) is 6.23. The molecule has 0 spiro atoms. The summed E-state index contributed by atoms with van der Waals surface area (Å²) < 4.78 is 5.04. The predicted molar refractivity (Wildman–Crippen MR) is 111 cm³/mol. The third kappa shape index (κ3) is 5.08. The zero-order valence-corrected chi connectivity index (χ0v) is 16.5. The first-order valence-electron chi connectivity index (χ1n) is 9.15. The molecule has 3 aromatic rings. The Balaban J connectivity index is 1.86. The Hall–Kier alpha value is -2.37. The first-order chi connectivity index (χ1) is 13.2. The Morgan fingerprint density at radius 2 is 1.93 bits per heavy atom. The quantitative estimate of drug-likeness (QED) is 0.575. The van der Waals surface area contributed by atoms with E-state index in [1.807, 2.05) is 30.3 Å². The van der Waals surface area contributed by atoms with Gasteiger partial charge in [0.25, 0.3) is 5.91 Å². The molecule has 0 aliphatic rings. The van der Waals surface area contributed by atoms with Gasteiger partial charge in [-0.05, 0) is 42.7 Å². The number of aromatic nitrogens is 1. The van der Waals surface area contributed by atoms with E-state index in [4.69, 9.17) is 9.72 Å². The number of pyridine rings is 1. The van der Waals surface area contributed by atoms with Gasteiger partial charge in [-0.1, -0.05) is 49.0 Å². The number of carbonyl (C=O) groups excluding carboxylic acids is 1. The number of hydrogen-bond acceptors (Lipinski definition) is 4. The summed E-state index contributed by atoms with van der Waals surface area (Å²) in [7, 11) is 1.66. The van der Waals surface area contributed by atoms with Crippen LogP contribution in [-0.4, -0.2) is 31.2 Å². The van der Waals surface area contributed by atoms with Gasteiger partial charge in [-0.15, -0.1) is 0 Å². The molecule has 0 saturated heterocycles. The molecule has 0 unspecified atom stereocenters. The van der Waals surface area contributed by atoms with Crippen LogP contribution >= 0.6 is 11.8 Å². The summed E-state index contributed by atoms with van der Waals surface area (Å²) in [6.45, 7) is 3.36. The number of para-hydroxylation sites is 1. The molecular weight excluding hydrogens is 356 g/mol. The van der Waals surface area contributed by atoms with E-state index < -0.39 is 0 Å². The molecule has 1 aromatic heterocycles. The topological polar surface area (TPSA) is 51.2 Å². The van der Waals surface area contributed by atoms with Crippen LogP contribution in [0.25, 0.3) is 10.9 Å². The Kier molecular flexibility index (Phi) is 6.85. The van der Waals surface area contributed by atoms with Crippen LogP contribution in [0.2, 0.25) is 0 Å². The van der Waals surface area contributed by atoms with E-state index in [0.717, 1.165) is 33.7 Å². The Morgan fingerprint density at radius 1 is 1.15 bits per heavy atom. The normalized spacial score (nSPS) is 10.9. The Morgan fingerprint density at radius 3 is 2.67 bits per heavy atom. The molecule has 0 fully saturated rings. The number of nitrogens with zero attached hydrogens (tertiary/aromatic N) is 1. The van der Waals surface area contributed by atoms with E-state index in [2.05, 4.69) is 36.5 Å². The molecule has 1 heterocycles. The van der Waals surface area contributed by atoms with Crippen molar-refractivity contribution in [2.45, 2.75) is 29.7 Å². The molecule has 2 aromatic carbocycles. The second kappa shape index (κ2) is 9.53. The molecule has 1 N–H and O–H groups in total. The maximum Gasteiger partial charge on any atom is 0.252 e. The van der Waals surface area contributed by atoms with Crippen LogP contribution in [-0.2, 0) is 11.2 Å². The number of amides is 1. The molecule has 0 bridgehead atoms. The van der Waals surface area contributed by atoms with Crippen molar-refractivity contribution in [1.82, 2.24) is 10.3 Å². The molecule has 0 radical (unpaired) electrons. The number of aryl methyl sites for hydroxylation is 1. The lowest BCUT2D eigenvalue weighted by atomic mass is 10.1. The van der Waals surface area contributed by atoms with E-state index in [-0.39, 0.29) is 5.91 Å². The van der Waals surface area contributed by atoms with Crippen LogP contribution in [0.15, 0.2) is 64.5 Å². The lowest BCUT2D eigenvalue weighted by Gasteiger charge is -2.10. The molecular formula is C22H24N2O2S. The standard InChI is InChI=1S/C22H24N2O2S/c1-3-16-9-11-17(12-10-16)27-21-15-19(22(25)23-13-6-14-26-2)18-7-4-5-8-20(18)24-21/h4-5,7-12,15H,3,6,13-14H2,1-2H3,(H,23,25). The van der Waals surface area contributed by atoms with Crippen molar-refractivity contribution < 1.29 is 9.53 Å². The summed E-state index contributed by atoms with van der Waals surface area (Å²) in [4.78, 5) is 18.6. The summed E-state index contributed by atoms with van der Waals surface area (Å²) in [5.41, 5.74) is 2.79. The van der Waals surface area contributed by atoms with Gasteiger partial charge in [0.05, 0.1) is 11.1 Å². The Labute approximate surface area is 164 Å². The molecule has 4 nitrogen and oxygen atoms in total. The number of ether oxygens (including phenoxy) is 1. The minimum atomic E-state index is -0.0760. The smallest absolute Gasteiger partial charge is 0.252 e. The van der Waals surface area contributed by atoms with E-state index in [1.54, 1.807) is 18.9 Å². The van der Waals surface area contributed by atoms with E-state index in [1.165, 1.54) is 5.56 Å². The van der Waals surface area contributed by atoms with Gasteiger partial charge in [-0.25, -0.2) is 4.98 Å². The SMILES string of the molecule is CCc1ccc(Sc2cc(C(=O)NCCCOC)c3ccccc3n2)cc1. The highest BCUT2D eigenvalue weighted by Gasteiger charge is 2.13. The van der Waals surface area contributed by atoms with Crippen molar-refractivity contribution in [3.05, 3.63) is 65.7 Å². The average Bonchev–Trinajstić information content (AvgIpc) is 2.71. The highest BCUT2D eigenvalue weighted by molar-refractivity contribution is 7.99. The second-order valence-corrected chi connectivity index (χ2v) is 7.32. The van der Waals surface area contributed by atoms with E-state index in [9.17, 15) is 4.79 Å². The van der Waals surface area contributed by atoms with Crippen molar-refractivity contribution in [3.8, 4) is 0 Å². The number of nitrogens with one attached hydrogen (secondary N) is 1. The van der Waals surface area contributed by atoms with Crippen molar-refractivity contribution >= 4 is 28.6 Å². The zero-order chi connectivity index (χ0) is 19.1. The van der Waals surface area contributed by atoms with Crippen molar-refractivity contribution in [1.29, 1.82) is 0 Å². The van der Waals surface area contributed by atoms with Crippen molar-refractivity contribution in [3.63, 3.8) is 0 Å². The highest BCUT2D eigenvalue weighted by Crippen LogP contribution is 2.30. The van der Waals surface area contributed by atoms with Crippen LogP contribution in [0.4, 0.5) is 0 Å². The van der Waals surface area contributed by atoms with Gasteiger partial charge in [0.15, 0.2) is 0 Å². The number of methoxy groups -OCH3 is 1. The first kappa shape index (κ1) is 19.4. The Bertz CT molecular complexity index is 910. The fourth-order valence-electron chi connectivity index (χ4n) is 2.82. The summed E-state index contributed by atoms with van der Waals surface area (Å²) in [6, 6.07) is 18.1. The third-order valence-corrected chi connectivity index (χ3v) is 5.23. The van der Waals surface area contributed by atoms with Gasteiger partial charge in [0.2, 0.25) is 0 Å². The lowest BCUT2D eigenvalue weighted by molar-refractivity contribution is 0.0950. The molecule has 0 saturated carbocycles. The van der Waals surface area contributed by atoms with Crippen LogP contribution in [0.3, 0.4) is 0 Å². The van der Waals surface area contributed by atoms with E-state index >= 15 is 0 Å². The third-order valence-electron chi connectivity index (χ3n) is 4.30. The lowest BCUT2D eigenvalue weighted by Crippen LogP contribution is -2.25. The first-order valence-corrected chi connectivity index (χ1v) is 9.96. The molecule has 0 atom stereocenters. The average molecular weight is 381 g/mol. The van der Waals surface area contributed by atoms with E-state index in [0.29, 0.717) is 18.7 Å². The van der Waals surface area contributed by atoms with Crippen LogP contribution in [0.1, 0.15) is 29.3 Å². The largest absolute Gasteiger partial charge is 0.385 e. The van der Waals surface area contributed by atoms with Crippen LogP contribution < -0.4 is 5.32 Å². The number of hydrogen-bond donors (Lipinski definition) is 1. The van der Waals surface area contributed by atoms with Crippen molar-refractivity contribution in [2.24, 2.45) is 0 Å². The molecule has 5 heteroatoms. The zero-order valence-electron chi connectivity index (χ0n) is 15.7. The number of benzene rings is 2. The number of rotatable bonds is 8. The fourth-order valence-corrected chi connectivity index (χ4v) is 3.65. The minimum Gasteiger partial charge on any atom is -0.385 e. The molecule has 0 aliphatic heterocycles. The van der Waals surface area contributed by atoms with Gasteiger partial charge in [-0.3, -0.25) is 4.79 Å². The molecule has 1 amide bonds. The molecule has 3 rings (SSSR count). The number of fused-ring (bicyclic) bond motifs is 1. The molecule has 27 heavy (non-hydrogen) atoms.